The van der Waals surface area contributed by atoms with Gasteiger partial charge in [0.2, 0.25) is 0 Å². The summed E-state index contributed by atoms with van der Waals surface area (Å²) in [7, 11) is 0. The van der Waals surface area contributed by atoms with Crippen LogP contribution in [0, 0.1) is 0 Å². The van der Waals surface area contributed by atoms with Crippen molar-refractivity contribution in [3.05, 3.63) is 46.9 Å². The number of halogens is 3. The number of hydrogen-bond donors (Lipinski definition) is 3. The molecule has 0 amide bonds. The summed E-state index contributed by atoms with van der Waals surface area (Å²) in [5.74, 6) is -0.172. The maximum atomic E-state index is 13.6. The number of benzene rings is 1. The fourth-order valence-corrected chi connectivity index (χ4v) is 3.63. The summed E-state index contributed by atoms with van der Waals surface area (Å²) in [6, 6.07) is 6.65. The van der Waals surface area contributed by atoms with Crippen LogP contribution in [0.1, 0.15) is 49.8 Å². The SMILES string of the molecule is CC(N)[N-]C(N)=Nc1cc(C2CCCCC2N)nc(-c2ccccc2C(F)(F)F)n1. The number of aliphatic imine (C=N–C) groups is 1. The number of alkyl halides is 3. The first-order valence-corrected chi connectivity index (χ1v) is 9.77. The van der Waals surface area contributed by atoms with Crippen molar-refractivity contribution < 1.29 is 13.2 Å². The highest BCUT2D eigenvalue weighted by Crippen LogP contribution is 2.38. The third-order valence-corrected chi connectivity index (χ3v) is 4.97. The molecule has 1 fully saturated rings. The maximum absolute atomic E-state index is 13.6. The van der Waals surface area contributed by atoms with E-state index in [4.69, 9.17) is 17.2 Å². The number of guanidine groups is 1. The number of nitrogens with zero attached hydrogens (tertiary/aromatic N) is 4. The van der Waals surface area contributed by atoms with Gasteiger partial charge in [-0.25, -0.2) is 9.97 Å². The zero-order valence-electron chi connectivity index (χ0n) is 16.6. The molecule has 1 aromatic carbocycles. The standard InChI is InChI=1S/C20H25F3N7/c1-11(24)27-19(26)30-17-10-16(13-7-3-5-9-15(13)25)28-18(29-17)12-6-2-4-8-14(12)20(21,22)23/h2,4,6,8,10-11,13,15H,3,5,7,9,24-25H2,1H3,(H2-,26,27,28,29,30)/q-1. The molecule has 3 atom stereocenters. The van der Waals surface area contributed by atoms with Crippen LogP contribution in [0.5, 0.6) is 0 Å². The van der Waals surface area contributed by atoms with Crippen molar-refractivity contribution in [2.24, 2.45) is 22.2 Å². The van der Waals surface area contributed by atoms with Gasteiger partial charge in [-0.05, 0) is 31.9 Å². The van der Waals surface area contributed by atoms with Gasteiger partial charge in [0.05, 0.1) is 11.4 Å². The van der Waals surface area contributed by atoms with Crippen LogP contribution in [0.2, 0.25) is 0 Å². The number of aromatic nitrogens is 2. The van der Waals surface area contributed by atoms with Crippen LogP contribution in [0.3, 0.4) is 0 Å². The molecule has 0 aliphatic heterocycles. The van der Waals surface area contributed by atoms with Crippen LogP contribution in [-0.2, 0) is 6.18 Å². The van der Waals surface area contributed by atoms with Crippen LogP contribution >= 0.6 is 0 Å². The summed E-state index contributed by atoms with van der Waals surface area (Å²) in [5.41, 5.74) is 17.3. The van der Waals surface area contributed by atoms with Crippen LogP contribution in [0.25, 0.3) is 16.7 Å². The Morgan fingerprint density at radius 3 is 2.57 bits per heavy atom. The molecule has 10 heteroatoms. The van der Waals surface area contributed by atoms with Gasteiger partial charge in [0.15, 0.2) is 5.82 Å². The molecule has 1 aliphatic rings. The van der Waals surface area contributed by atoms with E-state index < -0.39 is 17.9 Å². The van der Waals surface area contributed by atoms with Gasteiger partial charge >= 0.3 is 6.18 Å². The van der Waals surface area contributed by atoms with E-state index >= 15 is 0 Å². The van der Waals surface area contributed by atoms with E-state index in [0.717, 1.165) is 31.7 Å². The zero-order chi connectivity index (χ0) is 21.9. The molecule has 3 rings (SSSR count). The fraction of sp³-hybridized carbons (Fsp3) is 0.450. The number of nitrogens with two attached hydrogens (primary N) is 3. The Hall–Kier alpha value is -2.72. The fourth-order valence-electron chi connectivity index (χ4n) is 3.63. The summed E-state index contributed by atoms with van der Waals surface area (Å²) in [5, 5.41) is 3.93. The van der Waals surface area contributed by atoms with E-state index in [-0.39, 0.29) is 35.1 Å². The van der Waals surface area contributed by atoms with Gasteiger partial charge in [0.25, 0.3) is 0 Å². The normalized spacial score (nSPS) is 21.3. The lowest BCUT2D eigenvalue weighted by molar-refractivity contribution is -0.137. The molecular weight excluding hydrogens is 395 g/mol. The minimum absolute atomic E-state index is 0.0782. The first kappa shape index (κ1) is 22.0. The van der Waals surface area contributed by atoms with Crippen molar-refractivity contribution in [2.75, 3.05) is 0 Å². The molecule has 162 valence electrons. The predicted molar refractivity (Wildman–Crippen MR) is 110 cm³/mol. The molecular formula is C20H25F3N7-. The first-order chi connectivity index (χ1) is 14.1. The number of rotatable bonds is 4. The van der Waals surface area contributed by atoms with Crippen molar-refractivity contribution in [1.29, 1.82) is 0 Å². The van der Waals surface area contributed by atoms with Gasteiger partial charge in [-0.3, -0.25) is 0 Å². The van der Waals surface area contributed by atoms with Crippen LogP contribution in [-0.4, -0.2) is 28.1 Å². The number of hydrogen-bond acceptors (Lipinski definition) is 5. The van der Waals surface area contributed by atoms with E-state index in [9.17, 15) is 13.2 Å². The smallest absolute Gasteiger partial charge is 0.417 e. The van der Waals surface area contributed by atoms with Gasteiger partial charge in [0.1, 0.15) is 0 Å². The zero-order valence-corrected chi connectivity index (χ0v) is 16.6. The quantitative estimate of drug-likeness (QED) is 0.512. The Kier molecular flexibility index (Phi) is 6.57. The topological polar surface area (TPSA) is 130 Å². The summed E-state index contributed by atoms with van der Waals surface area (Å²) in [4.78, 5) is 12.8. The summed E-state index contributed by atoms with van der Waals surface area (Å²) < 4.78 is 40.7. The average Bonchev–Trinajstić information content (AvgIpc) is 2.66. The minimum Gasteiger partial charge on any atom is -0.453 e. The summed E-state index contributed by atoms with van der Waals surface area (Å²) in [6.07, 6.45) is -1.53. The van der Waals surface area contributed by atoms with E-state index in [1.165, 1.54) is 18.2 Å². The molecule has 0 saturated heterocycles. The molecule has 2 aromatic rings. The lowest BCUT2D eigenvalue weighted by Crippen LogP contribution is -2.32. The van der Waals surface area contributed by atoms with E-state index in [2.05, 4.69) is 20.3 Å². The van der Waals surface area contributed by atoms with Gasteiger partial charge in [-0.1, -0.05) is 31.0 Å². The molecule has 30 heavy (non-hydrogen) atoms. The maximum Gasteiger partial charge on any atom is 0.417 e. The Morgan fingerprint density at radius 1 is 1.20 bits per heavy atom. The van der Waals surface area contributed by atoms with E-state index in [0.29, 0.717) is 5.69 Å². The predicted octanol–water partition coefficient (Wildman–Crippen LogP) is 3.77. The van der Waals surface area contributed by atoms with E-state index in [1.54, 1.807) is 13.0 Å². The highest BCUT2D eigenvalue weighted by atomic mass is 19.4. The van der Waals surface area contributed by atoms with Crippen molar-refractivity contribution >= 4 is 11.8 Å². The molecule has 6 N–H and O–H groups in total. The third-order valence-electron chi connectivity index (χ3n) is 4.97. The molecule has 0 bridgehead atoms. The van der Waals surface area contributed by atoms with Crippen LogP contribution in [0.15, 0.2) is 35.3 Å². The molecule has 0 radical (unpaired) electrons. The van der Waals surface area contributed by atoms with Crippen molar-refractivity contribution in [3.8, 4) is 11.4 Å². The van der Waals surface area contributed by atoms with Crippen LogP contribution in [0.4, 0.5) is 19.0 Å². The third kappa shape index (κ3) is 5.25. The second-order valence-corrected chi connectivity index (χ2v) is 7.41. The highest BCUT2D eigenvalue weighted by Gasteiger charge is 2.34. The van der Waals surface area contributed by atoms with Gasteiger partial charge in [-0.2, -0.15) is 13.2 Å². The lowest BCUT2D eigenvalue weighted by Gasteiger charge is -2.28. The Bertz CT molecular complexity index is 912. The van der Waals surface area contributed by atoms with Gasteiger partial charge in [0, 0.05) is 35.3 Å². The first-order valence-electron chi connectivity index (χ1n) is 9.77. The second kappa shape index (κ2) is 8.97. The van der Waals surface area contributed by atoms with E-state index in [1.807, 2.05) is 0 Å². The lowest BCUT2D eigenvalue weighted by atomic mass is 9.83. The van der Waals surface area contributed by atoms with Crippen molar-refractivity contribution in [1.82, 2.24) is 9.97 Å². The van der Waals surface area contributed by atoms with Gasteiger partial charge < -0.3 is 27.5 Å². The second-order valence-electron chi connectivity index (χ2n) is 7.41. The monoisotopic (exact) mass is 420 g/mol. The van der Waals surface area contributed by atoms with Gasteiger partial charge in [-0.15, -0.1) is 0 Å². The molecule has 1 aromatic heterocycles. The molecule has 1 saturated carbocycles. The summed E-state index contributed by atoms with van der Waals surface area (Å²) >= 11 is 0. The Labute approximate surface area is 173 Å². The summed E-state index contributed by atoms with van der Waals surface area (Å²) in [6.45, 7) is 1.62. The molecule has 3 unspecified atom stereocenters. The average molecular weight is 420 g/mol. The molecule has 1 heterocycles. The largest absolute Gasteiger partial charge is 0.453 e. The molecule has 1 aliphatic carbocycles. The molecule has 7 nitrogen and oxygen atoms in total. The highest BCUT2D eigenvalue weighted by molar-refractivity contribution is 5.92. The minimum atomic E-state index is -4.55. The Morgan fingerprint density at radius 2 is 1.90 bits per heavy atom. The van der Waals surface area contributed by atoms with Crippen LogP contribution < -0.4 is 17.2 Å². The van der Waals surface area contributed by atoms with Crippen molar-refractivity contribution in [3.63, 3.8) is 0 Å². The molecule has 0 spiro atoms. The Balaban J connectivity index is 2.13. The van der Waals surface area contributed by atoms with Crippen molar-refractivity contribution in [2.45, 2.75) is 56.9 Å².